The number of carbonyl (C=O) groups is 2. The highest BCUT2D eigenvalue weighted by molar-refractivity contribution is 7.53. The van der Waals surface area contributed by atoms with Crippen LogP contribution in [0.4, 0.5) is 0 Å². The summed E-state index contributed by atoms with van der Waals surface area (Å²) in [5.41, 5.74) is 0.931. The standard InChI is InChI=1S/C17H17O5P/c1-23(20,21-12-16(18)14-8-4-2-5-9-14)22-13-17(19)15-10-6-3-7-11-15/h2-11H,12-13H2,1H3. The summed E-state index contributed by atoms with van der Waals surface area (Å²) in [6.45, 7) is 0.512. The van der Waals surface area contributed by atoms with Crippen molar-refractivity contribution in [3.05, 3.63) is 71.8 Å². The molecule has 0 aliphatic carbocycles. The number of Topliss-reactive ketones (excluding diaryl/α,β-unsaturated/α-hetero) is 2. The van der Waals surface area contributed by atoms with E-state index < -0.39 is 7.60 Å². The molecule has 6 heteroatoms. The summed E-state index contributed by atoms with van der Waals surface area (Å²) in [4.78, 5) is 23.8. The van der Waals surface area contributed by atoms with Gasteiger partial charge in [-0.05, 0) is 0 Å². The Bertz CT molecular complexity index is 653. The van der Waals surface area contributed by atoms with Gasteiger partial charge >= 0.3 is 7.60 Å². The Hall–Kier alpha value is -2.07. The summed E-state index contributed by atoms with van der Waals surface area (Å²) in [6, 6.07) is 17.1. The minimum absolute atomic E-state index is 0.300. The van der Waals surface area contributed by atoms with E-state index in [1.807, 2.05) is 0 Å². The molecule has 0 heterocycles. The molecule has 0 amide bonds. The molecule has 2 aromatic rings. The number of ketones is 2. The smallest absolute Gasteiger partial charge is 0.300 e. The Labute approximate surface area is 134 Å². The minimum Gasteiger partial charge on any atom is -0.300 e. The normalized spacial score (nSPS) is 11.2. The first kappa shape index (κ1) is 17.3. The van der Waals surface area contributed by atoms with Crippen LogP contribution in [0, 0.1) is 0 Å². The summed E-state index contributed by atoms with van der Waals surface area (Å²) in [7, 11) is -3.48. The molecule has 120 valence electrons. The zero-order chi connectivity index (χ0) is 16.7. The second-order valence-electron chi connectivity index (χ2n) is 4.90. The van der Waals surface area contributed by atoms with Gasteiger partial charge in [-0.1, -0.05) is 60.7 Å². The van der Waals surface area contributed by atoms with Gasteiger partial charge in [-0.25, -0.2) is 0 Å². The molecule has 0 aliphatic heterocycles. The summed E-state index contributed by atoms with van der Waals surface area (Å²) in [5.74, 6) is -0.601. The maximum absolute atomic E-state index is 12.1. The maximum Gasteiger partial charge on any atom is 0.328 e. The molecule has 0 radical (unpaired) electrons. The topological polar surface area (TPSA) is 69.7 Å². The Morgan fingerprint density at radius 3 is 1.48 bits per heavy atom. The van der Waals surface area contributed by atoms with Gasteiger partial charge in [0, 0.05) is 17.8 Å². The van der Waals surface area contributed by atoms with Gasteiger partial charge in [-0.15, -0.1) is 0 Å². The molecule has 23 heavy (non-hydrogen) atoms. The predicted molar refractivity (Wildman–Crippen MR) is 87.0 cm³/mol. The molecule has 0 aliphatic rings. The van der Waals surface area contributed by atoms with Crippen LogP contribution in [0.15, 0.2) is 60.7 Å². The lowest BCUT2D eigenvalue weighted by Crippen LogP contribution is -2.11. The summed E-state index contributed by atoms with van der Waals surface area (Å²) < 4.78 is 22.3. The van der Waals surface area contributed by atoms with Crippen molar-refractivity contribution in [2.45, 2.75) is 0 Å². The zero-order valence-electron chi connectivity index (χ0n) is 12.7. The van der Waals surface area contributed by atoms with Crippen molar-refractivity contribution in [3.63, 3.8) is 0 Å². The average Bonchev–Trinajstić information content (AvgIpc) is 2.59. The van der Waals surface area contributed by atoms with E-state index in [2.05, 4.69) is 0 Å². The van der Waals surface area contributed by atoms with Crippen LogP contribution >= 0.6 is 7.60 Å². The molecule has 5 nitrogen and oxygen atoms in total. The van der Waals surface area contributed by atoms with Gasteiger partial charge in [-0.2, -0.15) is 0 Å². The van der Waals surface area contributed by atoms with E-state index >= 15 is 0 Å². The monoisotopic (exact) mass is 332 g/mol. The predicted octanol–water partition coefficient (Wildman–Crippen LogP) is 3.61. The maximum atomic E-state index is 12.1. The second kappa shape index (κ2) is 7.97. The number of hydrogen-bond acceptors (Lipinski definition) is 5. The van der Waals surface area contributed by atoms with E-state index in [1.165, 1.54) is 6.66 Å². The quantitative estimate of drug-likeness (QED) is 0.545. The van der Waals surface area contributed by atoms with Gasteiger partial charge < -0.3 is 9.05 Å². The van der Waals surface area contributed by atoms with Crippen LogP contribution < -0.4 is 0 Å². The third kappa shape index (κ3) is 5.57. The second-order valence-corrected chi connectivity index (χ2v) is 6.96. The molecule has 0 saturated carbocycles. The summed E-state index contributed by atoms with van der Waals surface area (Å²) >= 11 is 0. The van der Waals surface area contributed by atoms with Gasteiger partial charge in [0.15, 0.2) is 11.6 Å². The van der Waals surface area contributed by atoms with Crippen LogP contribution in [0.3, 0.4) is 0 Å². The SMILES string of the molecule is CP(=O)(OCC(=O)c1ccccc1)OCC(=O)c1ccccc1. The lowest BCUT2D eigenvalue weighted by atomic mass is 10.1. The highest BCUT2D eigenvalue weighted by Crippen LogP contribution is 2.43. The summed E-state index contributed by atoms with van der Waals surface area (Å²) in [6.07, 6.45) is 0. The third-order valence-corrected chi connectivity index (χ3v) is 4.25. The van der Waals surface area contributed by atoms with Crippen LogP contribution in [-0.4, -0.2) is 31.4 Å². The number of benzene rings is 2. The van der Waals surface area contributed by atoms with Crippen molar-refractivity contribution in [1.82, 2.24) is 0 Å². The van der Waals surface area contributed by atoms with Crippen LogP contribution in [0.5, 0.6) is 0 Å². The fourth-order valence-corrected chi connectivity index (χ4v) is 2.58. The number of rotatable bonds is 8. The molecular formula is C17H17O5P. The number of carbonyl (C=O) groups excluding carboxylic acids is 2. The molecule has 0 atom stereocenters. The highest BCUT2D eigenvalue weighted by Gasteiger charge is 2.21. The van der Waals surface area contributed by atoms with Gasteiger partial charge in [0.2, 0.25) is 0 Å². The fourth-order valence-electron chi connectivity index (χ4n) is 1.80. The Morgan fingerprint density at radius 1 is 0.783 bits per heavy atom. The molecule has 2 rings (SSSR count). The molecule has 2 aromatic carbocycles. The van der Waals surface area contributed by atoms with Crippen LogP contribution in [0.25, 0.3) is 0 Å². The minimum atomic E-state index is -3.48. The highest BCUT2D eigenvalue weighted by atomic mass is 31.2. The molecule has 0 unspecified atom stereocenters. The zero-order valence-corrected chi connectivity index (χ0v) is 13.6. The van der Waals surface area contributed by atoms with Crippen LogP contribution in [-0.2, 0) is 13.6 Å². The Morgan fingerprint density at radius 2 is 1.13 bits per heavy atom. The third-order valence-electron chi connectivity index (χ3n) is 3.05. The van der Waals surface area contributed by atoms with E-state index in [4.69, 9.17) is 9.05 Å². The summed E-state index contributed by atoms with van der Waals surface area (Å²) in [5, 5.41) is 0. The van der Waals surface area contributed by atoms with E-state index in [0.29, 0.717) is 11.1 Å². The molecule has 0 aromatic heterocycles. The van der Waals surface area contributed by atoms with E-state index in [-0.39, 0.29) is 24.8 Å². The molecule has 0 N–H and O–H groups in total. The first-order valence-corrected chi connectivity index (χ1v) is 9.00. The van der Waals surface area contributed by atoms with Crippen LogP contribution in [0.2, 0.25) is 0 Å². The van der Waals surface area contributed by atoms with Crippen molar-refractivity contribution < 1.29 is 23.2 Å². The van der Waals surface area contributed by atoms with E-state index in [1.54, 1.807) is 60.7 Å². The van der Waals surface area contributed by atoms with Crippen molar-refractivity contribution >= 4 is 19.2 Å². The Kier molecular flexibility index (Phi) is 5.99. The van der Waals surface area contributed by atoms with Gasteiger partial charge in [-0.3, -0.25) is 14.2 Å². The van der Waals surface area contributed by atoms with Gasteiger partial charge in [0.25, 0.3) is 0 Å². The first-order chi connectivity index (χ1) is 11.0. The Balaban J connectivity index is 1.84. The first-order valence-electron chi connectivity index (χ1n) is 7.01. The van der Waals surface area contributed by atoms with Crippen LogP contribution in [0.1, 0.15) is 20.7 Å². The van der Waals surface area contributed by atoms with Gasteiger partial charge in [0.05, 0.1) is 0 Å². The molecule has 0 bridgehead atoms. The molecule has 0 saturated heterocycles. The lowest BCUT2D eigenvalue weighted by molar-refractivity contribution is 0.0864. The average molecular weight is 332 g/mol. The molecule has 0 spiro atoms. The molecule has 0 fully saturated rings. The fraction of sp³-hybridized carbons (Fsp3) is 0.176. The van der Waals surface area contributed by atoms with E-state index in [0.717, 1.165) is 0 Å². The van der Waals surface area contributed by atoms with Crippen molar-refractivity contribution in [2.75, 3.05) is 19.9 Å². The largest absolute Gasteiger partial charge is 0.328 e. The van der Waals surface area contributed by atoms with Crippen molar-refractivity contribution in [3.8, 4) is 0 Å². The van der Waals surface area contributed by atoms with Crippen molar-refractivity contribution in [2.24, 2.45) is 0 Å². The van der Waals surface area contributed by atoms with Crippen molar-refractivity contribution in [1.29, 1.82) is 0 Å². The lowest BCUT2D eigenvalue weighted by Gasteiger charge is -2.13. The number of hydrogen-bond donors (Lipinski definition) is 0. The van der Waals surface area contributed by atoms with E-state index in [9.17, 15) is 14.2 Å². The van der Waals surface area contributed by atoms with Gasteiger partial charge in [0.1, 0.15) is 13.2 Å². The molecular weight excluding hydrogens is 315 g/mol.